The second kappa shape index (κ2) is 6.74. The highest BCUT2D eigenvalue weighted by atomic mass is 19.4. The van der Waals surface area contributed by atoms with Crippen LogP contribution in [0.25, 0.3) is 6.08 Å². The summed E-state index contributed by atoms with van der Waals surface area (Å²) < 4.78 is 43.4. The molecule has 1 N–H and O–H groups in total. The average Bonchev–Trinajstić information content (AvgIpc) is 2.32. The molecule has 1 aromatic heterocycles. The van der Waals surface area contributed by atoms with Crippen LogP contribution in [0.5, 0.6) is 5.75 Å². The van der Waals surface area contributed by atoms with Crippen LogP contribution in [-0.4, -0.2) is 35.6 Å². The Kier molecular flexibility index (Phi) is 5.31. The summed E-state index contributed by atoms with van der Waals surface area (Å²) in [6.07, 6.45) is -1.21. The number of pyridine rings is 1. The minimum absolute atomic E-state index is 0.262. The Balaban J connectivity index is 2.38. The van der Waals surface area contributed by atoms with E-state index in [0.29, 0.717) is 5.69 Å². The molecule has 5 nitrogen and oxygen atoms in total. The van der Waals surface area contributed by atoms with Gasteiger partial charge in [0.15, 0.2) is 0 Å². The molecule has 0 bridgehead atoms. The molecule has 0 atom stereocenters. The molecule has 1 heterocycles. The van der Waals surface area contributed by atoms with Gasteiger partial charge in [-0.1, -0.05) is 0 Å². The second-order valence-corrected chi connectivity index (χ2v) is 3.23. The summed E-state index contributed by atoms with van der Waals surface area (Å²) in [6.45, 7) is -0.893. The summed E-state index contributed by atoms with van der Waals surface area (Å²) in [6, 6.07) is 2.93. The van der Waals surface area contributed by atoms with Crippen LogP contribution in [0, 0.1) is 0 Å². The van der Waals surface area contributed by atoms with Gasteiger partial charge >= 0.3 is 12.3 Å². The number of hydrogen-bond acceptors (Lipinski definition) is 4. The standard InChI is InChI=1S/C11H10F3NO4/c12-11(13,14)19-6-5-18-9-3-1-8(15-7-9)2-4-10(16)17/h1-4,7H,5-6H2,(H,16,17). The van der Waals surface area contributed by atoms with Crippen LogP contribution in [0.15, 0.2) is 24.4 Å². The normalized spacial score (nSPS) is 11.7. The van der Waals surface area contributed by atoms with Crippen LogP contribution in [0.2, 0.25) is 0 Å². The van der Waals surface area contributed by atoms with Gasteiger partial charge in [-0.3, -0.25) is 9.72 Å². The van der Waals surface area contributed by atoms with Crippen molar-refractivity contribution in [1.82, 2.24) is 4.98 Å². The molecule has 0 amide bonds. The SMILES string of the molecule is O=C(O)C=Cc1ccc(OCCOC(F)(F)F)cn1. The first-order chi connectivity index (χ1) is 8.87. The highest BCUT2D eigenvalue weighted by molar-refractivity contribution is 5.84. The summed E-state index contributed by atoms with van der Waals surface area (Å²) >= 11 is 0. The van der Waals surface area contributed by atoms with Gasteiger partial charge in [-0.25, -0.2) is 4.79 Å². The zero-order chi connectivity index (χ0) is 14.3. The van der Waals surface area contributed by atoms with E-state index in [9.17, 15) is 18.0 Å². The summed E-state index contributed by atoms with van der Waals surface area (Å²) in [4.78, 5) is 14.1. The lowest BCUT2D eigenvalue weighted by molar-refractivity contribution is -0.325. The largest absolute Gasteiger partial charge is 0.522 e. The number of hydrogen-bond donors (Lipinski definition) is 1. The van der Waals surface area contributed by atoms with Gasteiger partial charge in [0.25, 0.3) is 0 Å². The first kappa shape index (κ1) is 15.0. The summed E-state index contributed by atoms with van der Waals surface area (Å²) in [7, 11) is 0. The van der Waals surface area contributed by atoms with Gasteiger partial charge in [0, 0.05) is 6.08 Å². The lowest BCUT2D eigenvalue weighted by Crippen LogP contribution is -2.18. The molecule has 0 aromatic carbocycles. The van der Waals surface area contributed by atoms with E-state index in [-0.39, 0.29) is 12.4 Å². The number of carboxylic acids is 1. The van der Waals surface area contributed by atoms with Crippen molar-refractivity contribution in [3.8, 4) is 5.75 Å². The maximum atomic E-state index is 11.6. The van der Waals surface area contributed by atoms with Crippen LogP contribution in [-0.2, 0) is 9.53 Å². The number of carboxylic acid groups (broad SMARTS) is 1. The first-order valence-electron chi connectivity index (χ1n) is 5.07. The number of ether oxygens (including phenoxy) is 2. The lowest BCUT2D eigenvalue weighted by Gasteiger charge is -2.08. The van der Waals surface area contributed by atoms with Gasteiger partial charge in [-0.15, -0.1) is 13.2 Å². The number of rotatable bonds is 6. The smallest absolute Gasteiger partial charge is 0.490 e. The maximum absolute atomic E-state index is 11.6. The number of nitrogens with zero attached hydrogens (tertiary/aromatic N) is 1. The van der Waals surface area contributed by atoms with Gasteiger partial charge < -0.3 is 9.84 Å². The number of aliphatic carboxylic acids is 1. The fourth-order valence-corrected chi connectivity index (χ4v) is 1.05. The van der Waals surface area contributed by atoms with Crippen molar-refractivity contribution >= 4 is 12.0 Å². The Bertz CT molecular complexity index is 442. The van der Waals surface area contributed by atoms with Crippen molar-refractivity contribution in [1.29, 1.82) is 0 Å². The lowest BCUT2D eigenvalue weighted by atomic mass is 10.3. The summed E-state index contributed by atoms with van der Waals surface area (Å²) in [5.41, 5.74) is 0.390. The third-order valence-electron chi connectivity index (χ3n) is 1.77. The van der Waals surface area contributed by atoms with Crippen molar-refractivity contribution in [2.24, 2.45) is 0 Å². The number of alkyl halides is 3. The Morgan fingerprint density at radius 3 is 2.63 bits per heavy atom. The van der Waals surface area contributed by atoms with Crippen molar-refractivity contribution in [2.75, 3.05) is 13.2 Å². The Labute approximate surface area is 106 Å². The molecule has 0 spiro atoms. The van der Waals surface area contributed by atoms with Crippen molar-refractivity contribution in [3.63, 3.8) is 0 Å². The van der Waals surface area contributed by atoms with E-state index in [0.717, 1.165) is 6.08 Å². The van der Waals surface area contributed by atoms with Gasteiger partial charge in [0.1, 0.15) is 12.4 Å². The molecule has 8 heteroatoms. The molecule has 0 aliphatic carbocycles. The molecule has 19 heavy (non-hydrogen) atoms. The molecule has 104 valence electrons. The van der Waals surface area contributed by atoms with E-state index in [1.807, 2.05) is 0 Å². The highest BCUT2D eigenvalue weighted by Crippen LogP contribution is 2.16. The third-order valence-corrected chi connectivity index (χ3v) is 1.77. The molecule has 0 radical (unpaired) electrons. The number of halogens is 3. The molecular weight excluding hydrogens is 267 g/mol. The fourth-order valence-electron chi connectivity index (χ4n) is 1.05. The molecule has 0 saturated heterocycles. The zero-order valence-corrected chi connectivity index (χ0v) is 9.55. The Hall–Kier alpha value is -2.09. The first-order valence-corrected chi connectivity index (χ1v) is 5.07. The third kappa shape index (κ3) is 7.04. The second-order valence-electron chi connectivity index (χ2n) is 3.23. The quantitative estimate of drug-likeness (QED) is 0.637. The number of carbonyl (C=O) groups is 1. The number of aromatic nitrogens is 1. The Morgan fingerprint density at radius 2 is 2.11 bits per heavy atom. The predicted molar refractivity (Wildman–Crippen MR) is 58.4 cm³/mol. The summed E-state index contributed by atoms with van der Waals surface area (Å²) in [5, 5.41) is 8.39. The van der Waals surface area contributed by atoms with Crippen LogP contribution in [0.4, 0.5) is 13.2 Å². The van der Waals surface area contributed by atoms with Crippen LogP contribution in [0.1, 0.15) is 5.69 Å². The highest BCUT2D eigenvalue weighted by Gasteiger charge is 2.28. The molecule has 0 unspecified atom stereocenters. The van der Waals surface area contributed by atoms with E-state index >= 15 is 0 Å². The average molecular weight is 277 g/mol. The molecule has 0 saturated carbocycles. The van der Waals surface area contributed by atoms with E-state index in [4.69, 9.17) is 9.84 Å². The van der Waals surface area contributed by atoms with Crippen molar-refractivity contribution in [2.45, 2.75) is 6.36 Å². The van der Waals surface area contributed by atoms with Gasteiger partial charge in [0.05, 0.1) is 18.5 Å². The maximum Gasteiger partial charge on any atom is 0.522 e. The van der Waals surface area contributed by atoms with E-state index in [1.165, 1.54) is 24.4 Å². The molecule has 1 aromatic rings. The van der Waals surface area contributed by atoms with Gasteiger partial charge in [-0.2, -0.15) is 0 Å². The van der Waals surface area contributed by atoms with Crippen LogP contribution >= 0.6 is 0 Å². The topological polar surface area (TPSA) is 68.7 Å². The monoisotopic (exact) mass is 277 g/mol. The van der Waals surface area contributed by atoms with E-state index in [2.05, 4.69) is 9.72 Å². The van der Waals surface area contributed by atoms with E-state index in [1.54, 1.807) is 0 Å². The molecular formula is C11H10F3NO4. The molecule has 0 fully saturated rings. The van der Waals surface area contributed by atoms with Crippen LogP contribution < -0.4 is 4.74 Å². The van der Waals surface area contributed by atoms with Crippen LogP contribution in [0.3, 0.4) is 0 Å². The van der Waals surface area contributed by atoms with Gasteiger partial charge in [-0.05, 0) is 18.2 Å². The molecule has 0 aliphatic heterocycles. The van der Waals surface area contributed by atoms with Crippen molar-refractivity contribution in [3.05, 3.63) is 30.1 Å². The molecule has 0 aliphatic rings. The Morgan fingerprint density at radius 1 is 1.37 bits per heavy atom. The van der Waals surface area contributed by atoms with E-state index < -0.39 is 18.9 Å². The minimum atomic E-state index is -4.67. The minimum Gasteiger partial charge on any atom is -0.490 e. The fraction of sp³-hybridized carbons (Fsp3) is 0.273. The van der Waals surface area contributed by atoms with Crippen molar-refractivity contribution < 1.29 is 32.5 Å². The summed E-state index contributed by atoms with van der Waals surface area (Å²) in [5.74, 6) is -0.843. The predicted octanol–water partition coefficient (Wildman–Crippen LogP) is 2.09. The molecule has 1 rings (SSSR count). The van der Waals surface area contributed by atoms with Gasteiger partial charge in [0.2, 0.25) is 0 Å². The zero-order valence-electron chi connectivity index (χ0n) is 9.55.